The van der Waals surface area contributed by atoms with Crippen molar-refractivity contribution in [1.82, 2.24) is 15.1 Å². The van der Waals surface area contributed by atoms with Crippen molar-refractivity contribution in [2.24, 2.45) is 5.73 Å². The van der Waals surface area contributed by atoms with E-state index in [9.17, 15) is 9.59 Å². The first-order valence-electron chi connectivity index (χ1n) is 8.39. The van der Waals surface area contributed by atoms with Gasteiger partial charge < -0.3 is 20.5 Å². The molecule has 0 saturated carbocycles. The summed E-state index contributed by atoms with van der Waals surface area (Å²) in [4.78, 5) is 23.2. The minimum Gasteiger partial charge on any atom is -0.493 e. The molecule has 0 spiro atoms. The fraction of sp³-hybridized carbons (Fsp3) is 0.389. The van der Waals surface area contributed by atoms with E-state index in [0.29, 0.717) is 18.7 Å². The Morgan fingerprint density at radius 1 is 1.30 bits per heavy atom. The number of hydrogen-bond acceptors (Lipinski definition) is 5. The van der Waals surface area contributed by atoms with Crippen molar-refractivity contribution in [2.45, 2.75) is 26.8 Å². The minimum atomic E-state index is -0.641. The molecule has 0 atom stereocenters. The second-order valence-corrected chi connectivity index (χ2v) is 6.41. The Labute approximate surface area is 162 Å². The Bertz CT molecular complexity index is 835. The second-order valence-electron chi connectivity index (χ2n) is 6.00. The number of carbonyl (C=O) groups excluding carboxylic acids is 2. The molecule has 0 aliphatic heterocycles. The van der Waals surface area contributed by atoms with Crippen LogP contribution in [0.2, 0.25) is 5.02 Å². The van der Waals surface area contributed by atoms with Crippen LogP contribution in [0.3, 0.4) is 0 Å². The van der Waals surface area contributed by atoms with E-state index in [2.05, 4.69) is 10.4 Å². The molecule has 0 aliphatic rings. The molecule has 2 aromatic rings. The molecule has 0 radical (unpaired) electrons. The standard InChI is InChI=1S/C18H23ClN4O4/c1-11-7-12(2)23(22-11)6-4-5-21-18(25)13-8-14(19)17(15(9-13)26-3)27-10-16(20)24/h7-9H,4-6,10H2,1-3H3,(H2,20,24)(H,21,25). The first-order chi connectivity index (χ1) is 12.8. The number of nitrogens with zero attached hydrogens (tertiary/aromatic N) is 2. The summed E-state index contributed by atoms with van der Waals surface area (Å²) in [6, 6.07) is 4.96. The highest BCUT2D eigenvalue weighted by Gasteiger charge is 2.16. The normalized spacial score (nSPS) is 10.5. The Morgan fingerprint density at radius 3 is 2.63 bits per heavy atom. The van der Waals surface area contributed by atoms with Crippen LogP contribution < -0.4 is 20.5 Å². The second kappa shape index (κ2) is 9.27. The van der Waals surface area contributed by atoms with Gasteiger partial charge in [-0.05, 0) is 38.5 Å². The molecule has 0 aliphatic carbocycles. The number of ether oxygens (including phenoxy) is 2. The summed E-state index contributed by atoms with van der Waals surface area (Å²) in [6.07, 6.45) is 0.734. The van der Waals surface area contributed by atoms with Crippen LogP contribution in [0.4, 0.5) is 0 Å². The van der Waals surface area contributed by atoms with Gasteiger partial charge in [-0.3, -0.25) is 14.3 Å². The predicted octanol–water partition coefficient (Wildman–Crippen LogP) is 1.85. The lowest BCUT2D eigenvalue weighted by molar-refractivity contribution is -0.119. The molecule has 3 N–H and O–H groups in total. The smallest absolute Gasteiger partial charge is 0.255 e. The zero-order valence-corrected chi connectivity index (χ0v) is 16.3. The fourth-order valence-electron chi connectivity index (χ4n) is 2.57. The minimum absolute atomic E-state index is 0.156. The van der Waals surface area contributed by atoms with Crippen LogP contribution in [0.1, 0.15) is 28.2 Å². The van der Waals surface area contributed by atoms with Crippen molar-refractivity contribution in [3.63, 3.8) is 0 Å². The molecule has 1 heterocycles. The van der Waals surface area contributed by atoms with Crippen LogP contribution in [0, 0.1) is 13.8 Å². The highest BCUT2D eigenvalue weighted by molar-refractivity contribution is 6.32. The number of nitrogens with one attached hydrogen (secondary N) is 1. The number of benzene rings is 1. The van der Waals surface area contributed by atoms with Crippen molar-refractivity contribution in [1.29, 1.82) is 0 Å². The summed E-state index contributed by atoms with van der Waals surface area (Å²) in [5.41, 5.74) is 7.45. The zero-order chi connectivity index (χ0) is 20.0. The number of rotatable bonds is 9. The molecule has 0 fully saturated rings. The van der Waals surface area contributed by atoms with Crippen LogP contribution in [-0.2, 0) is 11.3 Å². The summed E-state index contributed by atoms with van der Waals surface area (Å²) < 4.78 is 12.3. The number of aromatic nitrogens is 2. The number of amides is 2. The molecule has 27 heavy (non-hydrogen) atoms. The molecule has 0 saturated heterocycles. The van der Waals surface area contributed by atoms with Crippen LogP contribution in [-0.4, -0.2) is 41.9 Å². The highest BCUT2D eigenvalue weighted by Crippen LogP contribution is 2.36. The number of methoxy groups -OCH3 is 1. The van der Waals surface area contributed by atoms with Gasteiger partial charge in [-0.25, -0.2) is 0 Å². The van der Waals surface area contributed by atoms with Crippen LogP contribution in [0.25, 0.3) is 0 Å². The molecule has 2 amide bonds. The molecule has 1 aromatic carbocycles. The van der Waals surface area contributed by atoms with E-state index < -0.39 is 5.91 Å². The monoisotopic (exact) mass is 394 g/mol. The maximum Gasteiger partial charge on any atom is 0.255 e. The lowest BCUT2D eigenvalue weighted by Gasteiger charge is -2.13. The van der Waals surface area contributed by atoms with E-state index in [1.54, 1.807) is 0 Å². The third kappa shape index (κ3) is 5.62. The maximum atomic E-state index is 12.4. The van der Waals surface area contributed by atoms with Crippen molar-refractivity contribution in [2.75, 3.05) is 20.3 Å². The van der Waals surface area contributed by atoms with E-state index in [4.69, 9.17) is 26.8 Å². The first kappa shape index (κ1) is 20.6. The molecular weight excluding hydrogens is 372 g/mol. The molecule has 2 rings (SSSR count). The summed E-state index contributed by atoms with van der Waals surface area (Å²) in [5.74, 6) is -0.516. The summed E-state index contributed by atoms with van der Waals surface area (Å²) in [6.45, 7) is 4.79. The highest BCUT2D eigenvalue weighted by atomic mass is 35.5. The Hall–Kier alpha value is -2.74. The van der Waals surface area contributed by atoms with Crippen LogP contribution in [0.5, 0.6) is 11.5 Å². The third-order valence-corrected chi connectivity index (χ3v) is 4.07. The average Bonchev–Trinajstić information content (AvgIpc) is 2.93. The molecular formula is C18H23ClN4O4. The Balaban J connectivity index is 1.96. The summed E-state index contributed by atoms with van der Waals surface area (Å²) in [5, 5.41) is 7.37. The average molecular weight is 395 g/mol. The maximum absolute atomic E-state index is 12.4. The number of hydrogen-bond donors (Lipinski definition) is 2. The molecule has 146 valence electrons. The Morgan fingerprint density at radius 2 is 2.04 bits per heavy atom. The summed E-state index contributed by atoms with van der Waals surface area (Å²) in [7, 11) is 1.42. The number of carbonyl (C=O) groups is 2. The predicted molar refractivity (Wildman–Crippen MR) is 101 cm³/mol. The van der Waals surface area contributed by atoms with Gasteiger partial charge in [-0.2, -0.15) is 5.10 Å². The number of halogens is 1. The van der Waals surface area contributed by atoms with Gasteiger partial charge in [0.15, 0.2) is 18.1 Å². The molecule has 8 nitrogen and oxygen atoms in total. The number of nitrogens with two attached hydrogens (primary N) is 1. The van der Waals surface area contributed by atoms with E-state index >= 15 is 0 Å². The molecule has 0 unspecified atom stereocenters. The molecule has 1 aromatic heterocycles. The topological polar surface area (TPSA) is 108 Å². The SMILES string of the molecule is COc1cc(C(=O)NCCCn2nc(C)cc2C)cc(Cl)c1OCC(N)=O. The van der Waals surface area contributed by atoms with Gasteiger partial charge in [0.25, 0.3) is 11.8 Å². The van der Waals surface area contributed by atoms with E-state index in [1.807, 2.05) is 24.6 Å². The number of primary amides is 1. The zero-order valence-electron chi connectivity index (χ0n) is 15.5. The van der Waals surface area contributed by atoms with Crippen LogP contribution in [0.15, 0.2) is 18.2 Å². The van der Waals surface area contributed by atoms with Gasteiger partial charge in [0.05, 0.1) is 17.8 Å². The van der Waals surface area contributed by atoms with Crippen molar-refractivity contribution < 1.29 is 19.1 Å². The van der Waals surface area contributed by atoms with Crippen molar-refractivity contribution >= 4 is 23.4 Å². The molecule has 9 heteroatoms. The van der Waals surface area contributed by atoms with Gasteiger partial charge in [-0.15, -0.1) is 0 Å². The van der Waals surface area contributed by atoms with Gasteiger partial charge in [-0.1, -0.05) is 11.6 Å². The van der Waals surface area contributed by atoms with Gasteiger partial charge in [0.1, 0.15) is 0 Å². The van der Waals surface area contributed by atoms with Gasteiger partial charge >= 0.3 is 0 Å². The lowest BCUT2D eigenvalue weighted by Crippen LogP contribution is -2.25. The third-order valence-electron chi connectivity index (χ3n) is 3.79. The largest absolute Gasteiger partial charge is 0.493 e. The van der Waals surface area contributed by atoms with Crippen molar-refractivity contribution in [3.8, 4) is 11.5 Å². The summed E-state index contributed by atoms with van der Waals surface area (Å²) >= 11 is 6.15. The van der Waals surface area contributed by atoms with Crippen molar-refractivity contribution in [3.05, 3.63) is 40.2 Å². The lowest BCUT2D eigenvalue weighted by atomic mass is 10.2. The van der Waals surface area contributed by atoms with Gasteiger partial charge in [0.2, 0.25) is 0 Å². The quantitative estimate of drug-likeness (QED) is 0.631. The molecule has 0 bridgehead atoms. The number of aryl methyl sites for hydroxylation is 3. The van der Waals surface area contributed by atoms with Crippen LogP contribution >= 0.6 is 11.6 Å². The fourth-order valence-corrected chi connectivity index (χ4v) is 2.83. The van der Waals surface area contributed by atoms with E-state index in [1.165, 1.54) is 19.2 Å². The van der Waals surface area contributed by atoms with Gasteiger partial charge in [0, 0.05) is 24.3 Å². The first-order valence-corrected chi connectivity index (χ1v) is 8.77. The Kier molecular flexibility index (Phi) is 7.06. The van der Waals surface area contributed by atoms with E-state index in [-0.39, 0.29) is 29.0 Å². The van der Waals surface area contributed by atoms with E-state index in [0.717, 1.165) is 17.8 Å².